The fourth-order valence-electron chi connectivity index (χ4n) is 3.36. The van der Waals surface area contributed by atoms with E-state index in [-0.39, 0.29) is 11.8 Å². The number of carbonyl (C=O) groups is 2. The minimum atomic E-state index is -0.0870. The molecular weight excluding hydrogens is 340 g/mol. The van der Waals surface area contributed by atoms with Crippen LogP contribution < -0.4 is 4.90 Å². The van der Waals surface area contributed by atoms with E-state index in [1.165, 1.54) is 11.9 Å². The van der Waals surface area contributed by atoms with Crippen molar-refractivity contribution in [3.05, 3.63) is 59.9 Å². The van der Waals surface area contributed by atoms with E-state index in [4.69, 9.17) is 0 Å². The second kappa shape index (κ2) is 8.66. The fourth-order valence-corrected chi connectivity index (χ4v) is 3.36. The van der Waals surface area contributed by atoms with Crippen molar-refractivity contribution < 1.29 is 9.59 Å². The Balaban J connectivity index is 1.67. The summed E-state index contributed by atoms with van der Waals surface area (Å²) in [5.74, 6) is -0.152. The number of piperazine rings is 1. The van der Waals surface area contributed by atoms with E-state index in [1.807, 2.05) is 36.9 Å². The number of anilines is 1. The summed E-state index contributed by atoms with van der Waals surface area (Å²) in [6, 6.07) is 11.9. The lowest BCUT2D eigenvalue weighted by molar-refractivity contribution is 0.0746. The smallest absolute Gasteiger partial charge is 0.255 e. The number of hydrogen-bond acceptors (Lipinski definition) is 4. The number of nitrogens with zero attached hydrogens (tertiary/aromatic N) is 4. The first-order valence-corrected chi connectivity index (χ1v) is 9.47. The molecule has 2 amide bonds. The van der Waals surface area contributed by atoms with E-state index in [9.17, 15) is 9.59 Å². The maximum Gasteiger partial charge on any atom is 0.255 e. The van der Waals surface area contributed by atoms with Crippen molar-refractivity contribution >= 4 is 17.5 Å². The van der Waals surface area contributed by atoms with Gasteiger partial charge in [-0.2, -0.15) is 0 Å². The number of rotatable bonds is 5. The van der Waals surface area contributed by atoms with Crippen molar-refractivity contribution in [1.82, 2.24) is 14.8 Å². The van der Waals surface area contributed by atoms with Crippen molar-refractivity contribution in [3.63, 3.8) is 0 Å². The molecule has 0 bridgehead atoms. The Kier molecular flexibility index (Phi) is 6.06. The highest BCUT2D eigenvalue weighted by atomic mass is 16.2. The number of pyridine rings is 1. The van der Waals surface area contributed by atoms with Crippen molar-refractivity contribution in [3.8, 4) is 0 Å². The van der Waals surface area contributed by atoms with E-state index in [0.29, 0.717) is 37.3 Å². The fraction of sp³-hybridized carbons (Fsp3) is 0.381. The third-order valence-corrected chi connectivity index (χ3v) is 4.97. The highest BCUT2D eigenvalue weighted by molar-refractivity contribution is 5.99. The van der Waals surface area contributed by atoms with Crippen molar-refractivity contribution in [2.45, 2.75) is 13.8 Å². The Morgan fingerprint density at radius 2 is 1.59 bits per heavy atom. The van der Waals surface area contributed by atoms with E-state index in [2.05, 4.69) is 22.0 Å². The molecule has 6 heteroatoms. The van der Waals surface area contributed by atoms with Gasteiger partial charge >= 0.3 is 0 Å². The number of benzene rings is 1. The molecular formula is C21H26N4O2. The first kappa shape index (κ1) is 18.9. The molecule has 0 unspecified atom stereocenters. The zero-order valence-electron chi connectivity index (χ0n) is 16.0. The summed E-state index contributed by atoms with van der Waals surface area (Å²) >= 11 is 0. The number of hydrogen-bond donors (Lipinski definition) is 0. The van der Waals surface area contributed by atoms with Gasteiger partial charge in [0.2, 0.25) is 0 Å². The largest absolute Gasteiger partial charge is 0.368 e. The van der Waals surface area contributed by atoms with Crippen LogP contribution >= 0.6 is 0 Å². The van der Waals surface area contributed by atoms with Gasteiger partial charge in [-0.1, -0.05) is 18.2 Å². The van der Waals surface area contributed by atoms with Gasteiger partial charge < -0.3 is 14.7 Å². The molecule has 3 rings (SSSR count). The Labute approximate surface area is 160 Å². The summed E-state index contributed by atoms with van der Waals surface area (Å²) in [7, 11) is 0. The zero-order valence-corrected chi connectivity index (χ0v) is 16.0. The molecule has 0 saturated carbocycles. The van der Waals surface area contributed by atoms with Crippen LogP contribution in [0.1, 0.15) is 34.6 Å². The van der Waals surface area contributed by atoms with Gasteiger partial charge in [-0.05, 0) is 32.0 Å². The second-order valence-electron chi connectivity index (χ2n) is 6.55. The number of para-hydroxylation sites is 1. The quantitative estimate of drug-likeness (QED) is 0.816. The average molecular weight is 366 g/mol. The summed E-state index contributed by atoms with van der Waals surface area (Å²) in [5, 5.41) is 0. The van der Waals surface area contributed by atoms with Crippen LogP contribution in [0.25, 0.3) is 0 Å². The molecule has 6 nitrogen and oxygen atoms in total. The molecule has 1 saturated heterocycles. The predicted octanol–water partition coefficient (Wildman–Crippen LogP) is 2.53. The summed E-state index contributed by atoms with van der Waals surface area (Å²) in [5.41, 5.74) is 2.12. The van der Waals surface area contributed by atoms with Crippen molar-refractivity contribution in [2.24, 2.45) is 0 Å². The Hall–Kier alpha value is -2.89. The van der Waals surface area contributed by atoms with Crippen LogP contribution in [0, 0.1) is 0 Å². The van der Waals surface area contributed by atoms with Crippen LogP contribution in [0.2, 0.25) is 0 Å². The monoisotopic (exact) mass is 366 g/mol. The van der Waals surface area contributed by atoms with E-state index < -0.39 is 0 Å². The maximum absolute atomic E-state index is 12.9. The molecule has 1 aliphatic heterocycles. The highest BCUT2D eigenvalue weighted by Gasteiger charge is 2.23. The van der Waals surface area contributed by atoms with Gasteiger partial charge in [0.15, 0.2) is 0 Å². The van der Waals surface area contributed by atoms with Crippen LogP contribution in [-0.2, 0) is 0 Å². The predicted molar refractivity (Wildman–Crippen MR) is 106 cm³/mol. The first-order chi connectivity index (χ1) is 13.1. The Morgan fingerprint density at radius 3 is 2.22 bits per heavy atom. The molecule has 1 aromatic heterocycles. The lowest BCUT2D eigenvalue weighted by Gasteiger charge is -2.36. The van der Waals surface area contributed by atoms with Gasteiger partial charge in [0.25, 0.3) is 11.8 Å². The summed E-state index contributed by atoms with van der Waals surface area (Å²) in [6.07, 6.45) is 3.08. The van der Waals surface area contributed by atoms with Crippen LogP contribution in [-0.4, -0.2) is 65.9 Å². The standard InChI is InChI=1S/C21H26N4O2/c1-3-23(4-2)20(26)17-14-18(16-22-15-17)21(27)25-12-10-24(11-13-25)19-8-6-5-7-9-19/h5-9,14-16H,3-4,10-13H2,1-2H3. The molecule has 27 heavy (non-hydrogen) atoms. The number of aromatic nitrogens is 1. The zero-order chi connectivity index (χ0) is 19.2. The number of carbonyl (C=O) groups excluding carboxylic acids is 2. The molecule has 1 fully saturated rings. The number of amides is 2. The lowest BCUT2D eigenvalue weighted by atomic mass is 10.1. The van der Waals surface area contributed by atoms with Gasteiger partial charge in [0.05, 0.1) is 11.1 Å². The van der Waals surface area contributed by atoms with Crippen LogP contribution in [0.4, 0.5) is 5.69 Å². The molecule has 1 aromatic carbocycles. The minimum absolute atomic E-state index is 0.0654. The maximum atomic E-state index is 12.9. The molecule has 0 spiro atoms. The van der Waals surface area contributed by atoms with Gasteiger partial charge in [0.1, 0.15) is 0 Å². The molecule has 0 N–H and O–H groups in total. The van der Waals surface area contributed by atoms with Gasteiger partial charge in [-0.3, -0.25) is 14.6 Å². The molecule has 0 radical (unpaired) electrons. The summed E-state index contributed by atoms with van der Waals surface area (Å²) < 4.78 is 0. The molecule has 0 atom stereocenters. The summed E-state index contributed by atoms with van der Waals surface area (Å²) in [6.45, 7) is 8.04. The van der Waals surface area contributed by atoms with Gasteiger partial charge in [-0.15, -0.1) is 0 Å². The van der Waals surface area contributed by atoms with Crippen molar-refractivity contribution in [1.29, 1.82) is 0 Å². The topological polar surface area (TPSA) is 56.8 Å². The molecule has 2 heterocycles. The summed E-state index contributed by atoms with van der Waals surface area (Å²) in [4.78, 5) is 35.4. The van der Waals surface area contributed by atoms with Crippen LogP contribution in [0.5, 0.6) is 0 Å². The molecule has 0 aliphatic carbocycles. The van der Waals surface area contributed by atoms with E-state index in [1.54, 1.807) is 17.2 Å². The van der Waals surface area contributed by atoms with Crippen LogP contribution in [0.3, 0.4) is 0 Å². The second-order valence-corrected chi connectivity index (χ2v) is 6.55. The average Bonchev–Trinajstić information content (AvgIpc) is 2.75. The molecule has 2 aromatic rings. The normalized spacial score (nSPS) is 14.1. The Morgan fingerprint density at radius 1 is 0.963 bits per heavy atom. The van der Waals surface area contributed by atoms with E-state index >= 15 is 0 Å². The molecule has 142 valence electrons. The third-order valence-electron chi connectivity index (χ3n) is 4.97. The van der Waals surface area contributed by atoms with Crippen molar-refractivity contribution in [2.75, 3.05) is 44.2 Å². The van der Waals surface area contributed by atoms with Crippen LogP contribution in [0.15, 0.2) is 48.8 Å². The Bertz CT molecular complexity index is 782. The van der Waals surface area contributed by atoms with E-state index in [0.717, 1.165) is 13.1 Å². The lowest BCUT2D eigenvalue weighted by Crippen LogP contribution is -2.48. The SMILES string of the molecule is CCN(CC)C(=O)c1cncc(C(=O)N2CCN(c3ccccc3)CC2)c1. The highest BCUT2D eigenvalue weighted by Crippen LogP contribution is 2.17. The molecule has 1 aliphatic rings. The first-order valence-electron chi connectivity index (χ1n) is 9.47. The van der Waals surface area contributed by atoms with Gasteiger partial charge in [0, 0.05) is 57.3 Å². The minimum Gasteiger partial charge on any atom is -0.368 e. The van der Waals surface area contributed by atoms with Gasteiger partial charge in [-0.25, -0.2) is 0 Å². The third kappa shape index (κ3) is 4.27.